The Kier molecular flexibility index (Phi) is 4.64. The summed E-state index contributed by atoms with van der Waals surface area (Å²) in [7, 11) is 0. The highest BCUT2D eigenvalue weighted by atomic mass is 16.5. The molecule has 0 radical (unpaired) electrons. The zero-order chi connectivity index (χ0) is 19.5. The van der Waals surface area contributed by atoms with E-state index in [4.69, 9.17) is 14.6 Å². The lowest BCUT2D eigenvalue weighted by Crippen LogP contribution is -1.98. The average Bonchev–Trinajstić information content (AvgIpc) is 3.02. The molecule has 0 spiro atoms. The van der Waals surface area contributed by atoms with E-state index in [0.29, 0.717) is 29.2 Å². The molecule has 0 aromatic heterocycles. The first-order valence-electron chi connectivity index (χ1n) is 8.68. The fraction of sp³-hybridized carbons (Fsp3) is 0.0435. The van der Waals surface area contributed by atoms with Gasteiger partial charge in [0, 0.05) is 6.07 Å². The molecule has 1 heterocycles. The summed E-state index contributed by atoms with van der Waals surface area (Å²) in [6.45, 7) is 0.423. The second-order valence-corrected chi connectivity index (χ2v) is 6.30. The van der Waals surface area contributed by atoms with E-state index in [2.05, 4.69) is 0 Å². The molecule has 5 heteroatoms. The predicted molar refractivity (Wildman–Crippen MR) is 104 cm³/mol. The molecule has 5 nitrogen and oxygen atoms in total. The van der Waals surface area contributed by atoms with Crippen molar-refractivity contribution in [1.29, 1.82) is 0 Å². The number of carbonyl (C=O) groups excluding carboxylic acids is 1. The van der Waals surface area contributed by atoms with Gasteiger partial charge in [-0.05, 0) is 41.5 Å². The van der Waals surface area contributed by atoms with Gasteiger partial charge in [-0.3, -0.25) is 4.79 Å². The molecule has 0 bridgehead atoms. The van der Waals surface area contributed by atoms with Crippen LogP contribution in [-0.4, -0.2) is 16.9 Å². The predicted octanol–water partition coefficient (Wildman–Crippen LogP) is 4.58. The molecule has 4 rings (SSSR count). The van der Waals surface area contributed by atoms with Crippen molar-refractivity contribution in [3.8, 4) is 11.5 Å². The van der Waals surface area contributed by atoms with Crippen LogP contribution in [0.5, 0.6) is 11.5 Å². The van der Waals surface area contributed by atoms with Crippen molar-refractivity contribution >= 4 is 17.8 Å². The number of Topliss-reactive ketones (excluding diaryl/α,β-unsaturated/α-hetero) is 1. The maximum absolute atomic E-state index is 12.5. The lowest BCUT2D eigenvalue weighted by atomic mass is 10.1. The Balaban J connectivity index is 1.50. The Morgan fingerprint density at radius 1 is 1.00 bits per heavy atom. The van der Waals surface area contributed by atoms with Crippen LogP contribution in [0.2, 0.25) is 0 Å². The van der Waals surface area contributed by atoms with Gasteiger partial charge in [0.2, 0.25) is 5.78 Å². The molecule has 0 saturated carbocycles. The summed E-state index contributed by atoms with van der Waals surface area (Å²) in [5, 5.41) is 8.96. The Morgan fingerprint density at radius 3 is 2.46 bits per heavy atom. The van der Waals surface area contributed by atoms with Crippen molar-refractivity contribution in [3.05, 3.63) is 101 Å². The zero-order valence-electron chi connectivity index (χ0n) is 14.8. The second-order valence-electron chi connectivity index (χ2n) is 6.30. The number of ether oxygens (including phenoxy) is 2. The van der Waals surface area contributed by atoms with E-state index in [9.17, 15) is 9.59 Å². The van der Waals surface area contributed by atoms with Crippen LogP contribution in [0.25, 0.3) is 6.08 Å². The summed E-state index contributed by atoms with van der Waals surface area (Å²) in [4.78, 5) is 23.5. The van der Waals surface area contributed by atoms with Gasteiger partial charge in [-0.1, -0.05) is 42.5 Å². The highest BCUT2D eigenvalue weighted by Gasteiger charge is 2.27. The van der Waals surface area contributed by atoms with E-state index in [1.807, 2.05) is 30.3 Å². The number of carboxylic acids is 1. The van der Waals surface area contributed by atoms with E-state index < -0.39 is 5.97 Å². The second kappa shape index (κ2) is 7.40. The number of rotatable bonds is 5. The maximum atomic E-state index is 12.5. The molecule has 0 unspecified atom stereocenters. The van der Waals surface area contributed by atoms with Gasteiger partial charge in [-0.25, -0.2) is 4.79 Å². The number of carbonyl (C=O) groups is 2. The summed E-state index contributed by atoms with van der Waals surface area (Å²) >= 11 is 0. The first kappa shape index (κ1) is 17.5. The van der Waals surface area contributed by atoms with Crippen LogP contribution in [0, 0.1) is 0 Å². The summed E-state index contributed by atoms with van der Waals surface area (Å²) in [6, 6.07) is 21.1. The minimum absolute atomic E-state index is 0.185. The van der Waals surface area contributed by atoms with Crippen molar-refractivity contribution in [3.63, 3.8) is 0 Å². The summed E-state index contributed by atoms with van der Waals surface area (Å²) in [5.41, 5.74) is 2.39. The SMILES string of the molecule is O=C(O)c1ccc(/C=C2\Oc3cc(OCc4ccccc4)ccc3C2=O)cc1. The van der Waals surface area contributed by atoms with Crippen molar-refractivity contribution in [1.82, 2.24) is 0 Å². The number of hydrogen-bond donors (Lipinski definition) is 1. The fourth-order valence-corrected chi connectivity index (χ4v) is 2.87. The van der Waals surface area contributed by atoms with Crippen LogP contribution in [0.1, 0.15) is 31.8 Å². The number of benzene rings is 3. The fourth-order valence-electron chi connectivity index (χ4n) is 2.87. The van der Waals surface area contributed by atoms with E-state index >= 15 is 0 Å². The van der Waals surface area contributed by atoms with Gasteiger partial charge in [0.25, 0.3) is 0 Å². The number of aromatic carboxylic acids is 1. The molecular weight excluding hydrogens is 356 g/mol. The number of carboxylic acid groups (broad SMARTS) is 1. The van der Waals surface area contributed by atoms with E-state index in [1.54, 1.807) is 36.4 Å². The van der Waals surface area contributed by atoms with Crippen molar-refractivity contribution < 1.29 is 24.2 Å². The first-order valence-corrected chi connectivity index (χ1v) is 8.68. The third kappa shape index (κ3) is 3.64. The van der Waals surface area contributed by atoms with Crippen molar-refractivity contribution in [2.75, 3.05) is 0 Å². The Labute approximate surface area is 161 Å². The quantitative estimate of drug-likeness (QED) is 0.664. The minimum Gasteiger partial charge on any atom is -0.489 e. The number of hydrogen-bond acceptors (Lipinski definition) is 4. The molecule has 0 aliphatic carbocycles. The van der Waals surface area contributed by atoms with Crippen molar-refractivity contribution in [2.45, 2.75) is 6.61 Å². The van der Waals surface area contributed by atoms with Crippen LogP contribution >= 0.6 is 0 Å². The number of fused-ring (bicyclic) bond motifs is 1. The summed E-state index contributed by atoms with van der Waals surface area (Å²) in [6.07, 6.45) is 1.60. The highest BCUT2D eigenvalue weighted by Crippen LogP contribution is 2.35. The molecular formula is C23H16O5. The zero-order valence-corrected chi connectivity index (χ0v) is 14.8. The first-order chi connectivity index (χ1) is 13.6. The topological polar surface area (TPSA) is 72.8 Å². The molecule has 1 aliphatic rings. The van der Waals surface area contributed by atoms with E-state index in [0.717, 1.165) is 5.56 Å². The van der Waals surface area contributed by atoms with Gasteiger partial charge >= 0.3 is 5.97 Å². The third-order valence-electron chi connectivity index (χ3n) is 4.35. The van der Waals surface area contributed by atoms with Gasteiger partial charge in [-0.15, -0.1) is 0 Å². The molecule has 0 saturated heterocycles. The van der Waals surface area contributed by atoms with Gasteiger partial charge in [-0.2, -0.15) is 0 Å². The minimum atomic E-state index is -0.997. The van der Waals surface area contributed by atoms with Crippen LogP contribution in [-0.2, 0) is 6.61 Å². The smallest absolute Gasteiger partial charge is 0.335 e. The molecule has 28 heavy (non-hydrogen) atoms. The molecule has 1 N–H and O–H groups in total. The third-order valence-corrected chi connectivity index (χ3v) is 4.35. The summed E-state index contributed by atoms with van der Waals surface area (Å²) in [5.74, 6) is 0.0412. The monoisotopic (exact) mass is 372 g/mol. The Morgan fingerprint density at radius 2 is 1.75 bits per heavy atom. The van der Waals surface area contributed by atoms with Crippen LogP contribution in [0.15, 0.2) is 78.6 Å². The lowest BCUT2D eigenvalue weighted by Gasteiger charge is -2.07. The Hall–Kier alpha value is -3.86. The van der Waals surface area contributed by atoms with Gasteiger partial charge < -0.3 is 14.6 Å². The van der Waals surface area contributed by atoms with Gasteiger partial charge in [0.05, 0.1) is 11.1 Å². The highest BCUT2D eigenvalue weighted by molar-refractivity contribution is 6.14. The molecule has 138 valence electrons. The van der Waals surface area contributed by atoms with Crippen LogP contribution < -0.4 is 9.47 Å². The van der Waals surface area contributed by atoms with Crippen LogP contribution in [0.4, 0.5) is 0 Å². The lowest BCUT2D eigenvalue weighted by molar-refractivity contribution is 0.0696. The van der Waals surface area contributed by atoms with E-state index in [-0.39, 0.29) is 17.1 Å². The Bertz CT molecular complexity index is 1070. The normalized spacial score (nSPS) is 13.9. The molecule has 3 aromatic rings. The molecule has 1 aliphatic heterocycles. The number of allylic oxidation sites excluding steroid dienone is 1. The van der Waals surface area contributed by atoms with Gasteiger partial charge in [0.1, 0.15) is 18.1 Å². The molecule has 0 amide bonds. The molecule has 0 fully saturated rings. The molecule has 3 aromatic carbocycles. The standard InChI is InChI=1S/C23H16O5/c24-22-19-11-10-18(27-14-16-4-2-1-3-5-16)13-20(19)28-21(22)12-15-6-8-17(9-7-15)23(25)26/h1-13H,14H2,(H,25,26)/b21-12-. The summed E-state index contributed by atoms with van der Waals surface area (Å²) < 4.78 is 11.5. The molecule has 0 atom stereocenters. The largest absolute Gasteiger partial charge is 0.489 e. The number of ketones is 1. The van der Waals surface area contributed by atoms with Crippen molar-refractivity contribution in [2.24, 2.45) is 0 Å². The van der Waals surface area contributed by atoms with Crippen LogP contribution in [0.3, 0.4) is 0 Å². The maximum Gasteiger partial charge on any atom is 0.335 e. The van der Waals surface area contributed by atoms with E-state index in [1.165, 1.54) is 12.1 Å². The average molecular weight is 372 g/mol. The van der Waals surface area contributed by atoms with Gasteiger partial charge in [0.15, 0.2) is 5.76 Å².